The van der Waals surface area contributed by atoms with Crippen LogP contribution in [0.4, 0.5) is 0 Å². The third kappa shape index (κ3) is 8.06. The van der Waals surface area contributed by atoms with Crippen molar-refractivity contribution >= 4 is 11.8 Å². The quantitative estimate of drug-likeness (QED) is 0.232. The molecule has 61 heavy (non-hydrogen) atoms. The number of aliphatic hydroxyl groups is 3. The molecule has 3 N–H and O–H groups in total. The number of ether oxygens (including phenoxy) is 9. The van der Waals surface area contributed by atoms with Gasteiger partial charge in [0.1, 0.15) is 48.3 Å². The molecule has 0 aromatic carbocycles. The molecule has 9 heterocycles. The molecule has 9 aliphatic heterocycles. The maximum absolute atomic E-state index is 14.0. The van der Waals surface area contributed by atoms with Gasteiger partial charge in [-0.05, 0) is 97.5 Å². The van der Waals surface area contributed by atoms with E-state index in [1.807, 2.05) is 19.1 Å². The number of hydrogen-bond acceptors (Lipinski definition) is 14. The number of rotatable bonds is 1. The van der Waals surface area contributed by atoms with Gasteiger partial charge in [0.05, 0.1) is 42.0 Å². The molecular weight excluding hydrogens is 789 g/mol. The Kier molecular flexibility index (Phi) is 11.4. The van der Waals surface area contributed by atoms with Gasteiger partial charge in [-0.3, -0.25) is 9.59 Å². The zero-order valence-electron chi connectivity index (χ0n) is 36.8. The molecule has 9 rings (SSSR count). The summed E-state index contributed by atoms with van der Waals surface area (Å²) in [6.45, 7) is 16.1. The lowest BCUT2D eigenvalue weighted by atomic mass is 9.88. The van der Waals surface area contributed by atoms with E-state index in [0.29, 0.717) is 50.5 Å². The van der Waals surface area contributed by atoms with E-state index in [4.69, 9.17) is 42.6 Å². The summed E-state index contributed by atoms with van der Waals surface area (Å²) < 4.78 is 58.9. The number of ketones is 1. The number of esters is 1. The predicted octanol–water partition coefficient (Wildman–Crippen LogP) is 5.17. The van der Waals surface area contributed by atoms with Gasteiger partial charge < -0.3 is 58.0 Å². The summed E-state index contributed by atoms with van der Waals surface area (Å²) in [5, 5.41) is 34.6. The third-order valence-electron chi connectivity index (χ3n) is 15.6. The molecule has 8 fully saturated rings. The highest BCUT2D eigenvalue weighted by atomic mass is 16.8. The lowest BCUT2D eigenvalue weighted by Crippen LogP contribution is -2.57. The topological polar surface area (TPSA) is 178 Å². The monoisotopic (exact) mass is 856 g/mol. The first-order valence-electron chi connectivity index (χ1n) is 23.0. The molecule has 340 valence electrons. The Morgan fingerprint density at radius 2 is 1.61 bits per heavy atom. The lowest BCUT2D eigenvalue weighted by Gasteiger charge is -2.47. The van der Waals surface area contributed by atoms with Crippen LogP contribution in [0.5, 0.6) is 0 Å². The normalized spacial score (nSPS) is 53.1. The van der Waals surface area contributed by atoms with Crippen LogP contribution in [0.2, 0.25) is 0 Å². The van der Waals surface area contributed by atoms with Gasteiger partial charge in [-0.25, -0.2) is 0 Å². The molecule has 18 atom stereocenters. The van der Waals surface area contributed by atoms with Crippen LogP contribution < -0.4 is 0 Å². The van der Waals surface area contributed by atoms with Crippen molar-refractivity contribution in [1.29, 1.82) is 0 Å². The largest absolute Gasteiger partial charge is 0.459 e. The van der Waals surface area contributed by atoms with Gasteiger partial charge in [-0.15, -0.1) is 0 Å². The van der Waals surface area contributed by atoms with E-state index in [1.54, 1.807) is 13.8 Å². The Bertz CT molecular complexity index is 1800. The standard InChI is InChI=1S/C47H68O14/c1-26-10-11-32-34(22-37(54-32)47(52)39(49)28(3)14-20-53-47)55-41(51)29(4)31-9-8-15-45(56-31)17-12-33(57-45)40(50)44(7)24-30(48)38(60-44)35-25-43(6)18-19-46(58-35,61-43)36-13-16-42(5,59-36)23-27(2)21-26/h10-11,21,27,29,31-40,49-50,52H,3,8-9,12-20,22-25H2,1-2,4-7H3. The zero-order chi connectivity index (χ0) is 43.3. The van der Waals surface area contributed by atoms with Gasteiger partial charge in [0.25, 0.3) is 0 Å². The zero-order valence-corrected chi connectivity index (χ0v) is 36.8. The van der Waals surface area contributed by atoms with Gasteiger partial charge in [0.15, 0.2) is 17.4 Å². The van der Waals surface area contributed by atoms with Crippen molar-refractivity contribution < 1.29 is 67.5 Å². The minimum Gasteiger partial charge on any atom is -0.459 e. The summed E-state index contributed by atoms with van der Waals surface area (Å²) in [6.07, 6.45) is 5.65. The summed E-state index contributed by atoms with van der Waals surface area (Å²) in [5.41, 5.74) is -0.752. The molecule has 18 unspecified atom stereocenters. The molecule has 0 radical (unpaired) electrons. The number of carbonyl (C=O) groups excluding carboxylic acids is 2. The Morgan fingerprint density at radius 3 is 2.41 bits per heavy atom. The second kappa shape index (κ2) is 15.8. The van der Waals surface area contributed by atoms with E-state index in [-0.39, 0.29) is 37.3 Å². The highest BCUT2D eigenvalue weighted by Crippen LogP contribution is 2.55. The van der Waals surface area contributed by atoms with Crippen molar-refractivity contribution in [2.24, 2.45) is 11.8 Å². The second-order valence-electron chi connectivity index (χ2n) is 20.9. The average molecular weight is 857 g/mol. The van der Waals surface area contributed by atoms with Crippen LogP contribution in [0.25, 0.3) is 0 Å². The van der Waals surface area contributed by atoms with Gasteiger partial charge in [-0.2, -0.15) is 0 Å². The van der Waals surface area contributed by atoms with E-state index in [2.05, 4.69) is 33.4 Å². The number of carbonyl (C=O) groups is 2. The van der Waals surface area contributed by atoms with E-state index >= 15 is 0 Å². The van der Waals surface area contributed by atoms with Crippen LogP contribution in [-0.4, -0.2) is 129 Å². The van der Waals surface area contributed by atoms with E-state index in [1.165, 1.54) is 0 Å². The SMILES string of the molecule is C=C1CCOC(O)(C2CC3OC(=O)C(C)C4CCCC5(CCC(O5)C(O)C5(C)CC(=O)C(O5)C5CC6(C)CCC(O5)(O6)C5CCC(C)(CC(C)C=C(C)C=CC3O2)O5)O4)C1O. The van der Waals surface area contributed by atoms with E-state index in [0.717, 1.165) is 37.7 Å². The average Bonchev–Trinajstić information content (AvgIpc) is 4.02. The molecule has 0 aliphatic carbocycles. The Morgan fingerprint density at radius 1 is 0.820 bits per heavy atom. The van der Waals surface area contributed by atoms with Crippen molar-refractivity contribution in [1.82, 2.24) is 0 Å². The fourth-order valence-corrected chi connectivity index (χ4v) is 12.2. The lowest BCUT2D eigenvalue weighted by molar-refractivity contribution is -0.359. The molecule has 14 nitrogen and oxygen atoms in total. The van der Waals surface area contributed by atoms with Gasteiger partial charge in [0, 0.05) is 38.5 Å². The van der Waals surface area contributed by atoms with E-state index < -0.39 is 101 Å². The Labute approximate surface area is 359 Å². The molecule has 8 saturated heterocycles. The minimum absolute atomic E-state index is 0.0180. The first kappa shape index (κ1) is 44.1. The van der Waals surface area contributed by atoms with Crippen molar-refractivity contribution in [3.63, 3.8) is 0 Å². The Hall–Kier alpha value is -2.08. The number of aliphatic hydroxyl groups excluding tert-OH is 2. The summed E-state index contributed by atoms with van der Waals surface area (Å²) in [7, 11) is 0. The first-order valence-corrected chi connectivity index (χ1v) is 23.0. The highest BCUT2D eigenvalue weighted by molar-refractivity contribution is 5.86. The first-order chi connectivity index (χ1) is 28.7. The van der Waals surface area contributed by atoms with Crippen LogP contribution in [-0.2, 0) is 52.2 Å². The molecule has 10 bridgehead atoms. The van der Waals surface area contributed by atoms with Crippen molar-refractivity contribution in [2.75, 3.05) is 6.61 Å². The van der Waals surface area contributed by atoms with Crippen molar-refractivity contribution in [3.8, 4) is 0 Å². The maximum atomic E-state index is 14.0. The van der Waals surface area contributed by atoms with Crippen molar-refractivity contribution in [2.45, 2.75) is 227 Å². The van der Waals surface area contributed by atoms with Crippen LogP contribution in [0.1, 0.15) is 131 Å². The summed E-state index contributed by atoms with van der Waals surface area (Å²) >= 11 is 0. The van der Waals surface area contributed by atoms with Crippen LogP contribution in [0.3, 0.4) is 0 Å². The molecule has 0 saturated carbocycles. The maximum Gasteiger partial charge on any atom is 0.311 e. The third-order valence-corrected chi connectivity index (χ3v) is 15.6. The van der Waals surface area contributed by atoms with Gasteiger partial charge >= 0.3 is 5.97 Å². The fraction of sp³-hybridized carbons (Fsp3) is 0.830. The van der Waals surface area contributed by atoms with Crippen LogP contribution in [0.15, 0.2) is 36.0 Å². The molecule has 2 spiro atoms. The summed E-state index contributed by atoms with van der Waals surface area (Å²) in [5.74, 6) is -5.22. The van der Waals surface area contributed by atoms with Gasteiger partial charge in [0.2, 0.25) is 5.79 Å². The number of fused-ring (bicyclic) bond motifs is 10. The van der Waals surface area contributed by atoms with Gasteiger partial charge in [-0.1, -0.05) is 37.3 Å². The fourth-order valence-electron chi connectivity index (χ4n) is 12.2. The van der Waals surface area contributed by atoms with Crippen LogP contribution in [0, 0.1) is 11.8 Å². The molecule has 0 aromatic heterocycles. The van der Waals surface area contributed by atoms with Crippen molar-refractivity contribution in [3.05, 3.63) is 36.0 Å². The Balaban J connectivity index is 1.00. The highest BCUT2D eigenvalue weighted by Gasteiger charge is 2.65. The predicted molar refractivity (Wildman–Crippen MR) is 218 cm³/mol. The minimum atomic E-state index is -2.05. The number of allylic oxidation sites excluding steroid dienone is 3. The molecule has 9 aliphatic rings. The number of Topliss-reactive ketones (excluding diaryl/α,β-unsaturated/α-hetero) is 1. The summed E-state index contributed by atoms with van der Waals surface area (Å²) in [4.78, 5) is 27.9. The molecule has 0 aromatic rings. The number of hydrogen-bond donors (Lipinski definition) is 3. The van der Waals surface area contributed by atoms with Crippen LogP contribution >= 0.6 is 0 Å². The molecular formula is C47H68O14. The smallest absolute Gasteiger partial charge is 0.311 e. The molecule has 14 heteroatoms. The molecule has 0 amide bonds. The second-order valence-corrected chi connectivity index (χ2v) is 20.9. The summed E-state index contributed by atoms with van der Waals surface area (Å²) in [6, 6.07) is 0. The van der Waals surface area contributed by atoms with E-state index in [9.17, 15) is 24.9 Å².